The molecule has 0 saturated heterocycles. The molecule has 38 heavy (non-hydrogen) atoms. The van der Waals surface area contributed by atoms with E-state index in [4.69, 9.17) is 10.2 Å². The van der Waals surface area contributed by atoms with Crippen LogP contribution in [-0.4, -0.2) is 23.4 Å². The summed E-state index contributed by atoms with van der Waals surface area (Å²) in [7, 11) is 0. The number of hydrogen-bond acceptors (Lipinski definition) is 2. The minimum absolute atomic E-state index is 0.365. The third-order valence-electron chi connectivity index (χ3n) is 6.22. The first-order valence-electron chi connectivity index (χ1n) is 16.1. The summed E-state index contributed by atoms with van der Waals surface area (Å²) in [5.74, 6) is 0. The Hall–Kier alpha value is -1.38. The van der Waals surface area contributed by atoms with Gasteiger partial charge in [-0.1, -0.05) is 160 Å². The maximum atomic E-state index is 8.42. The first kappa shape index (κ1) is 41.1. The van der Waals surface area contributed by atoms with E-state index in [0.29, 0.717) is 13.2 Å². The molecule has 2 N–H and O–H groups in total. The van der Waals surface area contributed by atoms with Crippen LogP contribution in [0.15, 0.2) is 55.1 Å². The summed E-state index contributed by atoms with van der Waals surface area (Å²) >= 11 is 0. The van der Waals surface area contributed by atoms with E-state index >= 15 is 0 Å². The van der Waals surface area contributed by atoms with Gasteiger partial charge in [0.25, 0.3) is 0 Å². The predicted molar refractivity (Wildman–Crippen MR) is 174 cm³/mol. The van der Waals surface area contributed by atoms with Crippen molar-refractivity contribution in [2.75, 3.05) is 13.2 Å². The lowest BCUT2D eigenvalue weighted by atomic mass is 10.0. The normalized spacial score (nSPS) is 9.74. The molecule has 2 heteroatoms. The van der Waals surface area contributed by atoms with Gasteiger partial charge in [0.2, 0.25) is 0 Å². The molecule has 0 aromatic heterocycles. The highest BCUT2D eigenvalue weighted by atomic mass is 16.3. The second-order valence-electron chi connectivity index (χ2n) is 10.3. The molecule has 0 radical (unpaired) electrons. The zero-order chi connectivity index (χ0) is 29.0. The van der Waals surface area contributed by atoms with Gasteiger partial charge in [-0.2, -0.15) is 0 Å². The van der Waals surface area contributed by atoms with Crippen molar-refractivity contribution < 1.29 is 10.2 Å². The highest BCUT2D eigenvalue weighted by Gasteiger charge is 1.96. The fourth-order valence-electron chi connectivity index (χ4n) is 3.74. The summed E-state index contributed by atoms with van der Waals surface area (Å²) in [4.78, 5) is 0. The van der Waals surface area contributed by atoms with Crippen molar-refractivity contribution in [1.82, 2.24) is 0 Å². The number of hydrogen-bond donors (Lipinski definition) is 2. The number of allylic oxidation sites excluding steroid dienone is 2. The molecule has 1 aromatic carbocycles. The Bertz CT molecular complexity index is 526. The molecular weight excluding hydrogens is 464 g/mol. The van der Waals surface area contributed by atoms with Crippen LogP contribution in [0.2, 0.25) is 0 Å². The van der Waals surface area contributed by atoms with Crippen LogP contribution in [0.1, 0.15) is 155 Å². The van der Waals surface area contributed by atoms with Gasteiger partial charge in [-0.15, -0.1) is 6.58 Å². The van der Waals surface area contributed by atoms with Gasteiger partial charge in [-0.05, 0) is 50.5 Å². The lowest BCUT2D eigenvalue weighted by Crippen LogP contribution is -1.89. The topological polar surface area (TPSA) is 40.5 Å². The third kappa shape index (κ3) is 41.7. The minimum atomic E-state index is 0.365. The standard InChI is InChI=1S/C14H20.C8H18O.C7H16O.C7H14/c1-3-4-6-9-13(2)12-14-10-7-5-8-11-14;1-2-3-4-5-6-7-8-9;1-2-3-4-5-6-7-8;1-3-5-7-6-4-2/h5,7-8,10-11H,2-4,6,9,12H2,1H3;9H,2-8H2,1H3;8H,2-7H2,1H3;3H,1,4-7H2,2H3. The highest BCUT2D eigenvalue weighted by Crippen LogP contribution is 2.13. The van der Waals surface area contributed by atoms with Crippen LogP contribution in [-0.2, 0) is 6.42 Å². The molecule has 0 bridgehead atoms. The van der Waals surface area contributed by atoms with Crippen LogP contribution >= 0.6 is 0 Å². The Morgan fingerprint density at radius 3 is 1.47 bits per heavy atom. The van der Waals surface area contributed by atoms with E-state index < -0.39 is 0 Å². The molecule has 0 amide bonds. The van der Waals surface area contributed by atoms with Crippen molar-refractivity contribution in [3.05, 3.63) is 60.7 Å². The van der Waals surface area contributed by atoms with E-state index in [1.54, 1.807) is 0 Å². The maximum Gasteiger partial charge on any atom is 0.0431 e. The van der Waals surface area contributed by atoms with Crippen molar-refractivity contribution in [3.8, 4) is 0 Å². The third-order valence-corrected chi connectivity index (χ3v) is 6.22. The van der Waals surface area contributed by atoms with E-state index in [0.717, 1.165) is 19.3 Å². The molecular formula is C36H68O2. The molecule has 0 aliphatic rings. The van der Waals surface area contributed by atoms with E-state index in [9.17, 15) is 0 Å². The molecule has 0 unspecified atom stereocenters. The van der Waals surface area contributed by atoms with Crippen LogP contribution in [0.3, 0.4) is 0 Å². The molecule has 2 nitrogen and oxygen atoms in total. The molecule has 0 atom stereocenters. The van der Waals surface area contributed by atoms with E-state index in [-0.39, 0.29) is 0 Å². The van der Waals surface area contributed by atoms with Gasteiger partial charge in [0.05, 0.1) is 0 Å². The van der Waals surface area contributed by atoms with Crippen LogP contribution < -0.4 is 0 Å². The molecule has 0 aliphatic heterocycles. The van der Waals surface area contributed by atoms with Gasteiger partial charge >= 0.3 is 0 Å². The fraction of sp³-hybridized carbons (Fsp3) is 0.722. The van der Waals surface area contributed by atoms with E-state index in [1.165, 1.54) is 120 Å². The second kappa shape index (κ2) is 40.1. The van der Waals surface area contributed by atoms with Crippen LogP contribution in [0.25, 0.3) is 0 Å². The summed E-state index contributed by atoms with van der Waals surface area (Å²) in [6.45, 7) is 17.3. The molecule has 0 fully saturated rings. The number of aliphatic hydroxyl groups is 2. The Morgan fingerprint density at radius 2 is 1.03 bits per heavy atom. The smallest absolute Gasteiger partial charge is 0.0431 e. The Kier molecular flexibility index (Phi) is 43.4. The summed E-state index contributed by atoms with van der Waals surface area (Å²) in [5.41, 5.74) is 2.75. The monoisotopic (exact) mass is 533 g/mol. The van der Waals surface area contributed by atoms with Gasteiger partial charge in [-0.25, -0.2) is 0 Å². The zero-order valence-corrected chi connectivity index (χ0v) is 26.3. The molecule has 1 rings (SSSR count). The lowest BCUT2D eigenvalue weighted by molar-refractivity contribution is 0.282. The molecule has 0 spiro atoms. The molecule has 0 saturated carbocycles. The average molecular weight is 533 g/mol. The van der Waals surface area contributed by atoms with Crippen LogP contribution in [0, 0.1) is 0 Å². The van der Waals surface area contributed by atoms with Crippen molar-refractivity contribution in [2.24, 2.45) is 0 Å². The lowest BCUT2D eigenvalue weighted by Gasteiger charge is -2.04. The summed E-state index contributed by atoms with van der Waals surface area (Å²) in [6.07, 6.45) is 26.9. The number of unbranched alkanes of at least 4 members (excludes halogenated alkanes) is 14. The highest BCUT2D eigenvalue weighted by molar-refractivity contribution is 5.20. The fourth-order valence-corrected chi connectivity index (χ4v) is 3.74. The van der Waals surface area contributed by atoms with E-state index in [2.05, 4.69) is 71.2 Å². The maximum absolute atomic E-state index is 8.42. The predicted octanol–water partition coefficient (Wildman–Crippen LogP) is 11.4. The van der Waals surface area contributed by atoms with E-state index in [1.807, 2.05) is 6.08 Å². The molecule has 0 aliphatic carbocycles. The first-order chi connectivity index (χ1) is 18.6. The first-order valence-corrected chi connectivity index (χ1v) is 16.1. The summed E-state index contributed by atoms with van der Waals surface area (Å²) in [6, 6.07) is 10.6. The quantitative estimate of drug-likeness (QED) is 0.122. The van der Waals surface area contributed by atoms with Gasteiger partial charge < -0.3 is 10.2 Å². The van der Waals surface area contributed by atoms with Gasteiger partial charge in [-0.3, -0.25) is 0 Å². The molecule has 1 aromatic rings. The summed E-state index contributed by atoms with van der Waals surface area (Å²) in [5, 5.41) is 16.8. The van der Waals surface area contributed by atoms with Gasteiger partial charge in [0, 0.05) is 13.2 Å². The largest absolute Gasteiger partial charge is 0.396 e. The van der Waals surface area contributed by atoms with Gasteiger partial charge in [0.15, 0.2) is 0 Å². The van der Waals surface area contributed by atoms with Gasteiger partial charge in [0.1, 0.15) is 0 Å². The van der Waals surface area contributed by atoms with Crippen molar-refractivity contribution >= 4 is 0 Å². The minimum Gasteiger partial charge on any atom is -0.396 e. The van der Waals surface area contributed by atoms with Crippen molar-refractivity contribution in [1.29, 1.82) is 0 Å². The molecule has 224 valence electrons. The Balaban J connectivity index is -0.000000450. The van der Waals surface area contributed by atoms with Crippen molar-refractivity contribution in [2.45, 2.75) is 156 Å². The SMILES string of the molecule is C=C(CCCCC)Cc1ccccc1.C=CCCCCC.CCCCCCCCO.CCCCCCCO. The molecule has 0 heterocycles. The number of rotatable bonds is 21. The van der Waals surface area contributed by atoms with Crippen molar-refractivity contribution in [3.63, 3.8) is 0 Å². The van der Waals surface area contributed by atoms with Crippen LogP contribution in [0.5, 0.6) is 0 Å². The number of benzene rings is 1. The number of aliphatic hydroxyl groups excluding tert-OH is 2. The zero-order valence-electron chi connectivity index (χ0n) is 26.3. The Morgan fingerprint density at radius 1 is 0.605 bits per heavy atom. The average Bonchev–Trinajstić information content (AvgIpc) is 2.93. The van der Waals surface area contributed by atoms with Crippen LogP contribution in [0.4, 0.5) is 0 Å². The second-order valence-corrected chi connectivity index (χ2v) is 10.3. The summed E-state index contributed by atoms with van der Waals surface area (Å²) < 4.78 is 0. The Labute approximate surface area is 240 Å².